The molecule has 1 aromatic rings. The fourth-order valence-corrected chi connectivity index (χ4v) is 4.65. The summed E-state index contributed by atoms with van der Waals surface area (Å²) in [6.45, 7) is 0. The number of aliphatic hydroxyl groups excluding tert-OH is 2. The van der Waals surface area contributed by atoms with Gasteiger partial charge in [0.15, 0.2) is 0 Å². The van der Waals surface area contributed by atoms with E-state index in [9.17, 15) is 24.6 Å². The second-order valence-corrected chi connectivity index (χ2v) is 8.72. The van der Waals surface area contributed by atoms with Crippen molar-refractivity contribution in [2.45, 2.75) is 62.0 Å². The van der Waals surface area contributed by atoms with Crippen LogP contribution in [-0.2, 0) is 4.79 Å². The number of oxime groups is 1. The number of aliphatic hydroxyl groups is 2. The Morgan fingerprint density at radius 1 is 1.30 bits per heavy atom. The van der Waals surface area contributed by atoms with Crippen LogP contribution in [0.5, 0.6) is 0 Å². The van der Waals surface area contributed by atoms with Gasteiger partial charge in [-0.15, -0.1) is 11.8 Å². The fourth-order valence-electron chi connectivity index (χ4n) is 3.77. The molecular weight excluding hydrogens is 409 g/mol. The summed E-state index contributed by atoms with van der Waals surface area (Å²) in [6, 6.07) is 6.13. The number of halogens is 1. The van der Waals surface area contributed by atoms with E-state index >= 15 is 0 Å². The zero-order chi connectivity index (χ0) is 21.9. The molecule has 4 atom stereocenters. The molecule has 166 valence electrons. The van der Waals surface area contributed by atoms with Crippen LogP contribution in [0.1, 0.15) is 44.9 Å². The number of carboxylic acids is 1. The van der Waals surface area contributed by atoms with Gasteiger partial charge in [0, 0.05) is 29.4 Å². The molecule has 4 N–H and O–H groups in total. The van der Waals surface area contributed by atoms with E-state index in [-0.39, 0.29) is 24.1 Å². The second-order valence-electron chi connectivity index (χ2n) is 7.62. The molecule has 0 heterocycles. The molecule has 1 aliphatic rings. The quantitative estimate of drug-likeness (QED) is 0.128. The summed E-state index contributed by atoms with van der Waals surface area (Å²) in [7, 11) is 0. The van der Waals surface area contributed by atoms with Crippen molar-refractivity contribution in [3.63, 3.8) is 0 Å². The van der Waals surface area contributed by atoms with Crippen LogP contribution in [0.3, 0.4) is 0 Å². The summed E-state index contributed by atoms with van der Waals surface area (Å²) >= 11 is 1.45. The second kappa shape index (κ2) is 12.7. The lowest BCUT2D eigenvalue weighted by atomic mass is 9.86. The van der Waals surface area contributed by atoms with E-state index in [0.717, 1.165) is 4.90 Å². The minimum absolute atomic E-state index is 0.0939. The van der Waals surface area contributed by atoms with E-state index in [4.69, 9.17) is 5.11 Å². The molecule has 0 unspecified atom stereocenters. The summed E-state index contributed by atoms with van der Waals surface area (Å²) in [5, 5.41) is 42.0. The molecule has 0 amide bonds. The normalized spacial score (nSPS) is 24.0. The fraction of sp³-hybridized carbons (Fsp3) is 0.545. The predicted octanol–water partition coefficient (Wildman–Crippen LogP) is 4.09. The van der Waals surface area contributed by atoms with E-state index in [1.807, 2.05) is 12.2 Å². The lowest BCUT2D eigenvalue weighted by molar-refractivity contribution is -0.137. The molecule has 0 saturated heterocycles. The smallest absolute Gasteiger partial charge is 0.303 e. The van der Waals surface area contributed by atoms with Gasteiger partial charge in [0.1, 0.15) is 5.82 Å². The zero-order valence-electron chi connectivity index (χ0n) is 16.9. The summed E-state index contributed by atoms with van der Waals surface area (Å²) in [5.41, 5.74) is 0.560. The first kappa shape index (κ1) is 24.4. The van der Waals surface area contributed by atoms with Crippen molar-refractivity contribution in [1.29, 1.82) is 0 Å². The molecule has 1 aliphatic carbocycles. The number of thioether (sulfide) groups is 1. The highest BCUT2D eigenvalue weighted by Gasteiger charge is 2.39. The number of aliphatic carboxylic acids is 1. The molecule has 0 bridgehead atoms. The van der Waals surface area contributed by atoms with E-state index in [0.29, 0.717) is 50.0 Å². The molecule has 2 rings (SSSR count). The number of unbranched alkanes of at least 4 members (excludes halogenated alkanes) is 1. The molecule has 1 aromatic carbocycles. The SMILES string of the molecule is O=C(O)CCC/C=C\C[C@H]1[C@@H](O)C/C(=N/O)[C@@H]1CC[C@@H](O)CSc1ccc(F)cc1. The minimum atomic E-state index is -0.811. The Morgan fingerprint density at radius 3 is 2.70 bits per heavy atom. The largest absolute Gasteiger partial charge is 0.481 e. The maximum Gasteiger partial charge on any atom is 0.303 e. The van der Waals surface area contributed by atoms with Crippen LogP contribution in [0, 0.1) is 17.7 Å². The van der Waals surface area contributed by atoms with Gasteiger partial charge < -0.3 is 20.5 Å². The number of rotatable bonds is 12. The van der Waals surface area contributed by atoms with Gasteiger partial charge in [-0.25, -0.2) is 4.39 Å². The van der Waals surface area contributed by atoms with Gasteiger partial charge in [-0.2, -0.15) is 0 Å². The first-order chi connectivity index (χ1) is 14.4. The number of hydrogen-bond acceptors (Lipinski definition) is 6. The van der Waals surface area contributed by atoms with Gasteiger partial charge in [-0.3, -0.25) is 4.79 Å². The molecular formula is C22H30FNO5S. The van der Waals surface area contributed by atoms with Gasteiger partial charge in [-0.1, -0.05) is 17.3 Å². The third kappa shape index (κ3) is 8.08. The number of carbonyl (C=O) groups is 1. The van der Waals surface area contributed by atoms with Crippen molar-refractivity contribution >= 4 is 23.4 Å². The van der Waals surface area contributed by atoms with Crippen molar-refractivity contribution < 1.29 is 29.7 Å². The Labute approximate surface area is 180 Å². The van der Waals surface area contributed by atoms with Crippen LogP contribution in [0.2, 0.25) is 0 Å². The Hall–Kier alpha value is -1.90. The average Bonchev–Trinajstić information content (AvgIpc) is 3.03. The number of hydrogen-bond donors (Lipinski definition) is 4. The molecule has 1 saturated carbocycles. The molecule has 8 heteroatoms. The number of nitrogens with zero attached hydrogens (tertiary/aromatic N) is 1. The molecule has 0 radical (unpaired) electrons. The Morgan fingerprint density at radius 2 is 2.03 bits per heavy atom. The van der Waals surface area contributed by atoms with Gasteiger partial charge in [0.2, 0.25) is 0 Å². The van der Waals surface area contributed by atoms with Crippen molar-refractivity contribution in [2.24, 2.45) is 17.0 Å². The first-order valence-electron chi connectivity index (χ1n) is 10.2. The molecule has 0 spiro atoms. The number of benzene rings is 1. The molecule has 6 nitrogen and oxygen atoms in total. The highest BCUT2D eigenvalue weighted by molar-refractivity contribution is 7.99. The van der Waals surface area contributed by atoms with Crippen LogP contribution in [-0.4, -0.2) is 50.2 Å². The van der Waals surface area contributed by atoms with Crippen molar-refractivity contribution in [3.8, 4) is 0 Å². The Balaban J connectivity index is 1.81. The summed E-state index contributed by atoms with van der Waals surface area (Å²) in [6.07, 6.45) is 6.11. The summed E-state index contributed by atoms with van der Waals surface area (Å²) in [5.74, 6) is -0.837. The third-order valence-corrected chi connectivity index (χ3v) is 6.55. The first-order valence-corrected chi connectivity index (χ1v) is 11.2. The standard InChI is InChI=1S/C22H30FNO5S/c23-15-7-10-17(11-8-15)30-14-16(25)9-12-18-19(21(26)13-20(18)24-29)5-3-1-2-4-6-22(27)28/h1,3,7-8,10-11,16,18-19,21,25-26,29H,2,4-6,9,12-14H2,(H,27,28)/b3-1-,24-20-/t16-,18-,19-,21+/m1/s1. The number of allylic oxidation sites excluding steroid dienone is 2. The van der Waals surface area contributed by atoms with Gasteiger partial charge >= 0.3 is 5.97 Å². The van der Waals surface area contributed by atoms with E-state index < -0.39 is 18.2 Å². The minimum Gasteiger partial charge on any atom is -0.481 e. The van der Waals surface area contributed by atoms with Crippen molar-refractivity contribution in [3.05, 3.63) is 42.2 Å². The topological polar surface area (TPSA) is 110 Å². The molecule has 1 fully saturated rings. The van der Waals surface area contributed by atoms with Crippen molar-refractivity contribution in [2.75, 3.05) is 5.75 Å². The van der Waals surface area contributed by atoms with Crippen LogP contribution in [0.4, 0.5) is 4.39 Å². The van der Waals surface area contributed by atoms with E-state index in [1.54, 1.807) is 12.1 Å². The summed E-state index contributed by atoms with van der Waals surface area (Å²) < 4.78 is 13.0. The Bertz CT molecular complexity index is 725. The van der Waals surface area contributed by atoms with E-state index in [1.165, 1.54) is 23.9 Å². The highest BCUT2D eigenvalue weighted by Crippen LogP contribution is 2.36. The average molecular weight is 440 g/mol. The Kier molecular flexibility index (Phi) is 10.3. The van der Waals surface area contributed by atoms with E-state index in [2.05, 4.69) is 5.16 Å². The van der Waals surface area contributed by atoms with Gasteiger partial charge in [0.05, 0.1) is 17.9 Å². The summed E-state index contributed by atoms with van der Waals surface area (Å²) in [4.78, 5) is 11.4. The molecule has 30 heavy (non-hydrogen) atoms. The molecule has 0 aliphatic heterocycles. The number of carboxylic acid groups (broad SMARTS) is 1. The third-order valence-electron chi connectivity index (χ3n) is 5.39. The van der Waals surface area contributed by atoms with Crippen molar-refractivity contribution in [1.82, 2.24) is 0 Å². The van der Waals surface area contributed by atoms with Gasteiger partial charge in [0.25, 0.3) is 0 Å². The van der Waals surface area contributed by atoms with Crippen LogP contribution < -0.4 is 0 Å². The highest BCUT2D eigenvalue weighted by atomic mass is 32.2. The zero-order valence-corrected chi connectivity index (χ0v) is 17.7. The monoisotopic (exact) mass is 439 g/mol. The van der Waals surface area contributed by atoms with Crippen LogP contribution in [0.15, 0.2) is 46.5 Å². The molecule has 0 aromatic heterocycles. The van der Waals surface area contributed by atoms with Crippen LogP contribution >= 0.6 is 11.8 Å². The van der Waals surface area contributed by atoms with Gasteiger partial charge in [-0.05, 0) is 62.3 Å². The maximum atomic E-state index is 13.0. The maximum absolute atomic E-state index is 13.0. The lowest BCUT2D eigenvalue weighted by Gasteiger charge is -2.21. The van der Waals surface area contributed by atoms with Crippen LogP contribution in [0.25, 0.3) is 0 Å². The lowest BCUT2D eigenvalue weighted by Crippen LogP contribution is -2.22. The predicted molar refractivity (Wildman–Crippen MR) is 114 cm³/mol.